The molecule has 23 heavy (non-hydrogen) atoms. The third-order valence-corrected chi connectivity index (χ3v) is 4.87. The van der Waals surface area contributed by atoms with E-state index in [2.05, 4.69) is 36.2 Å². The molecule has 3 rings (SSSR count). The number of rotatable bonds is 5. The lowest BCUT2D eigenvalue weighted by atomic mass is 9.74. The number of hydrogen-bond donors (Lipinski definition) is 0. The average molecular weight is 316 g/mol. The summed E-state index contributed by atoms with van der Waals surface area (Å²) in [5.74, 6) is 2.56. The molecular weight excluding hydrogens is 292 g/mol. The van der Waals surface area contributed by atoms with Crippen LogP contribution in [0.15, 0.2) is 28.7 Å². The molecule has 1 unspecified atom stereocenters. The van der Waals surface area contributed by atoms with Crippen molar-refractivity contribution in [3.63, 3.8) is 0 Å². The molecule has 2 aromatic rings. The lowest BCUT2D eigenvalue weighted by Gasteiger charge is -2.34. The summed E-state index contributed by atoms with van der Waals surface area (Å²) < 4.78 is 16.9. The van der Waals surface area contributed by atoms with E-state index in [1.165, 1.54) is 5.56 Å². The van der Waals surface area contributed by atoms with Crippen molar-refractivity contribution >= 4 is 0 Å². The predicted molar refractivity (Wildman–Crippen MR) is 86.8 cm³/mol. The van der Waals surface area contributed by atoms with Crippen LogP contribution >= 0.6 is 0 Å². The van der Waals surface area contributed by atoms with Crippen LogP contribution in [0.3, 0.4) is 0 Å². The number of nitrogens with zero attached hydrogens (tertiary/aromatic N) is 2. The molecule has 0 N–H and O–H groups in total. The number of methoxy groups -OCH3 is 1. The van der Waals surface area contributed by atoms with E-state index in [0.29, 0.717) is 19.1 Å². The number of ether oxygens (including phenoxy) is 2. The van der Waals surface area contributed by atoms with Crippen molar-refractivity contribution in [1.82, 2.24) is 10.2 Å². The zero-order valence-electron chi connectivity index (χ0n) is 14.0. The number of hydrogen-bond acceptors (Lipinski definition) is 5. The van der Waals surface area contributed by atoms with E-state index in [1.807, 2.05) is 12.1 Å². The molecule has 1 atom stereocenters. The zero-order chi connectivity index (χ0) is 16.3. The minimum absolute atomic E-state index is 0.261. The van der Waals surface area contributed by atoms with Gasteiger partial charge < -0.3 is 13.9 Å². The molecule has 0 radical (unpaired) electrons. The summed E-state index contributed by atoms with van der Waals surface area (Å²) in [5, 5.41) is 8.68. The molecule has 1 aliphatic rings. The third-order valence-electron chi connectivity index (χ3n) is 4.87. The third kappa shape index (κ3) is 2.98. The second kappa shape index (κ2) is 6.71. The largest absolute Gasteiger partial charge is 0.497 e. The predicted octanol–water partition coefficient (Wildman–Crippen LogP) is 3.69. The lowest BCUT2D eigenvalue weighted by Crippen LogP contribution is -2.35. The van der Waals surface area contributed by atoms with Crippen LogP contribution in [0.5, 0.6) is 5.75 Å². The Kier molecular flexibility index (Phi) is 4.66. The molecule has 2 heterocycles. The maximum Gasteiger partial charge on any atom is 0.227 e. The SMILES string of the molecule is CCC(C)c1nnc(C2(c3ccc(OC)cc3)CCOCC2)o1. The molecule has 5 nitrogen and oxygen atoms in total. The van der Waals surface area contributed by atoms with Gasteiger partial charge in [0.05, 0.1) is 12.5 Å². The zero-order valence-corrected chi connectivity index (χ0v) is 14.0. The van der Waals surface area contributed by atoms with Gasteiger partial charge in [-0.2, -0.15) is 0 Å². The van der Waals surface area contributed by atoms with E-state index >= 15 is 0 Å². The van der Waals surface area contributed by atoms with Crippen LogP contribution < -0.4 is 4.74 Å². The van der Waals surface area contributed by atoms with Crippen molar-refractivity contribution in [3.05, 3.63) is 41.6 Å². The number of aromatic nitrogens is 2. The molecule has 1 aromatic carbocycles. The molecule has 0 aliphatic carbocycles. The average Bonchev–Trinajstić information content (AvgIpc) is 3.12. The van der Waals surface area contributed by atoms with Crippen LogP contribution in [0, 0.1) is 0 Å². The molecular formula is C18H24N2O3. The topological polar surface area (TPSA) is 57.4 Å². The van der Waals surface area contributed by atoms with Crippen LogP contribution in [-0.4, -0.2) is 30.5 Å². The van der Waals surface area contributed by atoms with Crippen molar-refractivity contribution < 1.29 is 13.9 Å². The van der Waals surface area contributed by atoms with E-state index in [0.717, 1.165) is 30.9 Å². The first kappa shape index (κ1) is 16.0. The standard InChI is InChI=1S/C18H24N2O3/c1-4-13(2)16-19-20-17(23-16)18(9-11-22-12-10-18)14-5-7-15(21-3)8-6-14/h5-8,13H,4,9-12H2,1-3H3. The molecule has 5 heteroatoms. The van der Waals surface area contributed by atoms with Gasteiger partial charge in [-0.05, 0) is 37.0 Å². The van der Waals surface area contributed by atoms with Crippen molar-refractivity contribution in [2.45, 2.75) is 44.4 Å². The fourth-order valence-electron chi connectivity index (χ4n) is 3.06. The molecule has 0 amide bonds. The maximum atomic E-state index is 6.08. The first-order valence-corrected chi connectivity index (χ1v) is 8.26. The van der Waals surface area contributed by atoms with Gasteiger partial charge in [-0.3, -0.25) is 0 Å². The van der Waals surface area contributed by atoms with Gasteiger partial charge in [0.25, 0.3) is 0 Å². The van der Waals surface area contributed by atoms with Gasteiger partial charge in [-0.25, -0.2) is 0 Å². The van der Waals surface area contributed by atoms with E-state index in [9.17, 15) is 0 Å². The Balaban J connectivity index is 2.00. The minimum atomic E-state index is -0.261. The van der Waals surface area contributed by atoms with E-state index < -0.39 is 0 Å². The minimum Gasteiger partial charge on any atom is -0.497 e. The second-order valence-electron chi connectivity index (χ2n) is 6.18. The smallest absolute Gasteiger partial charge is 0.227 e. The van der Waals surface area contributed by atoms with E-state index in [-0.39, 0.29) is 11.3 Å². The Morgan fingerprint density at radius 3 is 2.48 bits per heavy atom. The van der Waals surface area contributed by atoms with Gasteiger partial charge in [0.2, 0.25) is 11.8 Å². The summed E-state index contributed by atoms with van der Waals surface area (Å²) in [7, 11) is 1.68. The summed E-state index contributed by atoms with van der Waals surface area (Å²) in [6.07, 6.45) is 2.68. The summed E-state index contributed by atoms with van der Waals surface area (Å²) in [6.45, 7) is 5.64. The normalized spacial score (nSPS) is 18.6. The quantitative estimate of drug-likeness (QED) is 0.842. The van der Waals surface area contributed by atoms with Gasteiger partial charge in [0.1, 0.15) is 5.75 Å². The van der Waals surface area contributed by atoms with Crippen molar-refractivity contribution in [2.24, 2.45) is 0 Å². The molecule has 0 saturated carbocycles. The van der Waals surface area contributed by atoms with Crippen LogP contribution in [0.4, 0.5) is 0 Å². The highest BCUT2D eigenvalue weighted by Crippen LogP contribution is 2.41. The van der Waals surface area contributed by atoms with Crippen LogP contribution in [0.1, 0.15) is 56.4 Å². The Morgan fingerprint density at radius 2 is 1.87 bits per heavy atom. The highest BCUT2D eigenvalue weighted by atomic mass is 16.5. The van der Waals surface area contributed by atoms with Crippen LogP contribution in [0.25, 0.3) is 0 Å². The lowest BCUT2D eigenvalue weighted by molar-refractivity contribution is 0.0539. The van der Waals surface area contributed by atoms with E-state index in [4.69, 9.17) is 13.9 Å². The Hall–Kier alpha value is -1.88. The number of benzene rings is 1. The summed E-state index contributed by atoms with van der Waals surface area (Å²) in [6, 6.07) is 8.16. The summed E-state index contributed by atoms with van der Waals surface area (Å²) >= 11 is 0. The first-order chi connectivity index (χ1) is 11.2. The Bertz CT molecular complexity index is 630. The molecule has 124 valence electrons. The molecule has 0 spiro atoms. The Labute approximate surface area is 137 Å². The molecule has 1 aliphatic heterocycles. The van der Waals surface area contributed by atoms with Crippen molar-refractivity contribution in [2.75, 3.05) is 20.3 Å². The fourth-order valence-corrected chi connectivity index (χ4v) is 3.06. The molecule has 1 aromatic heterocycles. The van der Waals surface area contributed by atoms with Gasteiger partial charge in [-0.1, -0.05) is 26.0 Å². The monoisotopic (exact) mass is 316 g/mol. The van der Waals surface area contributed by atoms with Crippen molar-refractivity contribution in [3.8, 4) is 5.75 Å². The maximum absolute atomic E-state index is 6.08. The summed E-state index contributed by atoms with van der Waals surface area (Å²) in [5.41, 5.74) is 0.921. The van der Waals surface area contributed by atoms with Gasteiger partial charge >= 0.3 is 0 Å². The molecule has 1 saturated heterocycles. The Morgan fingerprint density at radius 1 is 1.17 bits per heavy atom. The molecule has 1 fully saturated rings. The fraction of sp³-hybridized carbons (Fsp3) is 0.556. The van der Waals surface area contributed by atoms with Crippen molar-refractivity contribution in [1.29, 1.82) is 0 Å². The highest BCUT2D eigenvalue weighted by molar-refractivity contribution is 5.36. The van der Waals surface area contributed by atoms with Crippen LogP contribution in [0.2, 0.25) is 0 Å². The molecule has 0 bridgehead atoms. The van der Waals surface area contributed by atoms with Gasteiger partial charge in [0, 0.05) is 19.1 Å². The van der Waals surface area contributed by atoms with E-state index in [1.54, 1.807) is 7.11 Å². The van der Waals surface area contributed by atoms with Crippen LogP contribution in [-0.2, 0) is 10.2 Å². The van der Waals surface area contributed by atoms with Gasteiger partial charge in [0.15, 0.2) is 0 Å². The first-order valence-electron chi connectivity index (χ1n) is 8.26. The highest BCUT2D eigenvalue weighted by Gasteiger charge is 2.41. The second-order valence-corrected chi connectivity index (χ2v) is 6.18. The van der Waals surface area contributed by atoms with Gasteiger partial charge in [-0.15, -0.1) is 10.2 Å². The summed E-state index contributed by atoms with van der Waals surface area (Å²) in [4.78, 5) is 0.